The zero-order valence-corrected chi connectivity index (χ0v) is 19.1. The summed E-state index contributed by atoms with van der Waals surface area (Å²) >= 11 is 1.61. The number of aromatic nitrogens is 1. The number of nitrogens with zero attached hydrogens (tertiary/aromatic N) is 3. The number of fused-ring (bicyclic) bond motifs is 1. The van der Waals surface area contributed by atoms with E-state index in [-0.39, 0.29) is 5.91 Å². The van der Waals surface area contributed by atoms with E-state index in [1.54, 1.807) is 11.5 Å². The van der Waals surface area contributed by atoms with Gasteiger partial charge in [-0.1, -0.05) is 25.5 Å². The van der Waals surface area contributed by atoms with Crippen molar-refractivity contribution in [3.05, 3.63) is 24.3 Å². The van der Waals surface area contributed by atoms with Crippen LogP contribution in [0, 0.1) is 5.92 Å². The van der Waals surface area contributed by atoms with E-state index in [0.29, 0.717) is 12.5 Å². The molecule has 0 spiro atoms. The van der Waals surface area contributed by atoms with Crippen LogP contribution in [0.1, 0.15) is 58.3 Å². The van der Waals surface area contributed by atoms with Crippen molar-refractivity contribution in [2.75, 3.05) is 37.6 Å². The maximum Gasteiger partial charge on any atom is 0.220 e. The van der Waals surface area contributed by atoms with E-state index >= 15 is 0 Å². The molecule has 1 N–H and O–H groups in total. The lowest BCUT2D eigenvalue weighted by atomic mass is 9.84. The quantitative estimate of drug-likeness (QED) is 0.664. The minimum Gasteiger partial charge on any atom is -0.353 e. The minimum atomic E-state index is 0.256. The molecule has 4 rings (SSSR count). The van der Waals surface area contributed by atoms with Gasteiger partial charge >= 0.3 is 0 Å². The molecule has 0 atom stereocenters. The van der Waals surface area contributed by atoms with Gasteiger partial charge in [-0.25, -0.2) is 0 Å². The highest BCUT2D eigenvalue weighted by molar-refractivity contribution is 7.13. The Kier molecular flexibility index (Phi) is 7.61. The van der Waals surface area contributed by atoms with Crippen LogP contribution in [0.4, 0.5) is 5.82 Å². The van der Waals surface area contributed by atoms with Crippen LogP contribution >= 0.6 is 11.5 Å². The standard InChI is InChI=1S/C24H36N4OS/c1-2-3-8-23(29)25-20-11-9-19(10-12-20)13-14-27-15-17-28(18-16-27)24-21-6-4-5-7-22(21)30-26-24/h4-7,19-20H,2-3,8-18H2,1H3,(H,25,29). The SMILES string of the molecule is CCCCC(=O)NC1CCC(CCN2CCN(c3nsc4ccccc34)CC2)CC1. The number of rotatable bonds is 8. The Morgan fingerprint density at radius 3 is 2.67 bits per heavy atom. The van der Waals surface area contributed by atoms with Crippen LogP contribution in [0.25, 0.3) is 10.1 Å². The van der Waals surface area contributed by atoms with Crippen molar-refractivity contribution in [2.45, 2.75) is 64.3 Å². The van der Waals surface area contributed by atoms with Crippen molar-refractivity contribution in [3.63, 3.8) is 0 Å². The van der Waals surface area contributed by atoms with Gasteiger partial charge in [0.15, 0.2) is 0 Å². The molecular weight excluding hydrogens is 392 g/mol. The molecule has 1 aliphatic heterocycles. The van der Waals surface area contributed by atoms with Crippen molar-refractivity contribution in [1.29, 1.82) is 0 Å². The first kappa shape index (κ1) is 21.6. The number of hydrogen-bond acceptors (Lipinski definition) is 5. The van der Waals surface area contributed by atoms with Gasteiger partial charge in [-0.15, -0.1) is 0 Å². The first-order valence-electron chi connectivity index (χ1n) is 11.8. The minimum absolute atomic E-state index is 0.256. The Morgan fingerprint density at radius 1 is 1.13 bits per heavy atom. The van der Waals surface area contributed by atoms with Crippen LogP contribution in [-0.4, -0.2) is 53.9 Å². The number of benzene rings is 1. The fourth-order valence-electron chi connectivity index (χ4n) is 4.88. The van der Waals surface area contributed by atoms with Crippen LogP contribution in [-0.2, 0) is 4.79 Å². The molecule has 164 valence electrons. The Bertz CT molecular complexity index is 806. The Labute approximate surface area is 185 Å². The van der Waals surface area contributed by atoms with E-state index in [1.165, 1.54) is 41.7 Å². The average Bonchev–Trinajstić information content (AvgIpc) is 3.22. The van der Waals surface area contributed by atoms with Gasteiger partial charge in [-0.05, 0) is 74.7 Å². The van der Waals surface area contributed by atoms with Gasteiger partial charge < -0.3 is 10.2 Å². The van der Waals surface area contributed by atoms with Crippen molar-refractivity contribution in [1.82, 2.24) is 14.6 Å². The number of amides is 1. The number of carbonyl (C=O) groups excluding carboxylic acids is 1. The Hall–Kier alpha value is -1.66. The van der Waals surface area contributed by atoms with Crippen molar-refractivity contribution >= 4 is 33.3 Å². The summed E-state index contributed by atoms with van der Waals surface area (Å²) in [7, 11) is 0. The molecule has 0 radical (unpaired) electrons. The van der Waals surface area contributed by atoms with Crippen LogP contribution in [0.3, 0.4) is 0 Å². The number of hydrogen-bond donors (Lipinski definition) is 1. The third-order valence-electron chi connectivity index (χ3n) is 6.85. The molecule has 1 aromatic heterocycles. The van der Waals surface area contributed by atoms with Gasteiger partial charge in [-0.3, -0.25) is 9.69 Å². The highest BCUT2D eigenvalue weighted by Gasteiger charge is 2.24. The van der Waals surface area contributed by atoms with Gasteiger partial charge in [0.2, 0.25) is 5.91 Å². The molecule has 2 aliphatic rings. The number of piperazine rings is 1. The molecule has 0 bridgehead atoms. The molecule has 5 nitrogen and oxygen atoms in total. The van der Waals surface area contributed by atoms with Crippen molar-refractivity contribution < 1.29 is 4.79 Å². The summed E-state index contributed by atoms with van der Waals surface area (Å²) in [6, 6.07) is 8.99. The molecule has 6 heteroatoms. The third-order valence-corrected chi connectivity index (χ3v) is 7.67. The molecule has 1 amide bonds. The number of anilines is 1. The summed E-state index contributed by atoms with van der Waals surface area (Å²) in [6.07, 6.45) is 8.95. The lowest BCUT2D eigenvalue weighted by Crippen LogP contribution is -2.47. The molecule has 2 aromatic rings. The molecular formula is C24H36N4OS. The van der Waals surface area contributed by atoms with Crippen LogP contribution in [0.5, 0.6) is 0 Å². The normalized spacial score (nSPS) is 23.0. The smallest absolute Gasteiger partial charge is 0.220 e. The molecule has 0 unspecified atom stereocenters. The first-order chi connectivity index (χ1) is 14.7. The van der Waals surface area contributed by atoms with E-state index in [9.17, 15) is 4.79 Å². The van der Waals surface area contributed by atoms with E-state index in [2.05, 4.69) is 46.3 Å². The largest absolute Gasteiger partial charge is 0.353 e. The van der Waals surface area contributed by atoms with Gasteiger partial charge in [-0.2, -0.15) is 4.37 Å². The van der Waals surface area contributed by atoms with E-state index in [4.69, 9.17) is 4.37 Å². The fourth-order valence-corrected chi connectivity index (χ4v) is 5.68. The van der Waals surface area contributed by atoms with Crippen molar-refractivity contribution in [2.24, 2.45) is 5.92 Å². The van der Waals surface area contributed by atoms with Crippen LogP contribution < -0.4 is 10.2 Å². The predicted octanol–water partition coefficient (Wildman–Crippen LogP) is 4.67. The molecule has 1 aromatic carbocycles. The summed E-state index contributed by atoms with van der Waals surface area (Å²) in [6.45, 7) is 7.76. The average molecular weight is 429 g/mol. The number of unbranched alkanes of at least 4 members (excludes halogenated alkanes) is 1. The second kappa shape index (κ2) is 10.6. The summed E-state index contributed by atoms with van der Waals surface area (Å²) < 4.78 is 6.01. The predicted molar refractivity (Wildman–Crippen MR) is 126 cm³/mol. The van der Waals surface area contributed by atoms with E-state index in [0.717, 1.165) is 57.8 Å². The van der Waals surface area contributed by atoms with Crippen LogP contribution in [0.15, 0.2) is 24.3 Å². The van der Waals surface area contributed by atoms with Crippen LogP contribution in [0.2, 0.25) is 0 Å². The third kappa shape index (κ3) is 5.52. The zero-order chi connectivity index (χ0) is 20.8. The van der Waals surface area contributed by atoms with Gasteiger partial charge in [0.1, 0.15) is 5.82 Å². The Balaban J connectivity index is 1.15. The van der Waals surface area contributed by atoms with E-state index in [1.807, 2.05) is 0 Å². The maximum absolute atomic E-state index is 11.9. The van der Waals surface area contributed by atoms with Gasteiger partial charge in [0.05, 0.1) is 4.70 Å². The van der Waals surface area contributed by atoms with Crippen molar-refractivity contribution in [3.8, 4) is 0 Å². The van der Waals surface area contributed by atoms with E-state index < -0.39 is 0 Å². The monoisotopic (exact) mass is 428 g/mol. The highest BCUT2D eigenvalue weighted by atomic mass is 32.1. The lowest BCUT2D eigenvalue weighted by molar-refractivity contribution is -0.122. The molecule has 1 saturated carbocycles. The first-order valence-corrected chi connectivity index (χ1v) is 12.6. The number of carbonyl (C=O) groups is 1. The maximum atomic E-state index is 11.9. The molecule has 1 saturated heterocycles. The summed E-state index contributed by atoms with van der Waals surface area (Å²) in [4.78, 5) is 17.0. The van der Waals surface area contributed by atoms with Gasteiger partial charge in [0, 0.05) is 44.0 Å². The second-order valence-electron chi connectivity index (χ2n) is 9.01. The topological polar surface area (TPSA) is 48.5 Å². The molecule has 2 heterocycles. The summed E-state index contributed by atoms with van der Waals surface area (Å²) in [5.74, 6) is 2.26. The molecule has 1 aliphatic carbocycles. The fraction of sp³-hybridized carbons (Fsp3) is 0.667. The lowest BCUT2D eigenvalue weighted by Gasteiger charge is -2.36. The zero-order valence-electron chi connectivity index (χ0n) is 18.3. The van der Waals surface area contributed by atoms with Gasteiger partial charge in [0.25, 0.3) is 0 Å². The Morgan fingerprint density at radius 2 is 1.90 bits per heavy atom. The highest BCUT2D eigenvalue weighted by Crippen LogP contribution is 2.30. The molecule has 30 heavy (non-hydrogen) atoms. The molecule has 2 fully saturated rings. The number of nitrogens with one attached hydrogen (secondary N) is 1. The second-order valence-corrected chi connectivity index (χ2v) is 9.81. The summed E-state index contributed by atoms with van der Waals surface area (Å²) in [5.41, 5.74) is 0. The summed E-state index contributed by atoms with van der Waals surface area (Å²) in [5, 5.41) is 4.55.